The van der Waals surface area contributed by atoms with Crippen molar-refractivity contribution in [3.63, 3.8) is 0 Å². The summed E-state index contributed by atoms with van der Waals surface area (Å²) < 4.78 is 2.67. The molecule has 0 amide bonds. The van der Waals surface area contributed by atoms with Gasteiger partial charge in [0.2, 0.25) is 0 Å². The van der Waals surface area contributed by atoms with Crippen molar-refractivity contribution in [3.8, 4) is 0 Å². The van der Waals surface area contributed by atoms with E-state index in [1.54, 1.807) is 0 Å². The van der Waals surface area contributed by atoms with Gasteiger partial charge in [0.1, 0.15) is 13.1 Å². The molecule has 1 atom stereocenters. The number of likely N-dealkylation sites (N-methyl/N-ethyl adjacent to an activating group) is 2. The van der Waals surface area contributed by atoms with Crippen LogP contribution < -0.4 is 0 Å². The number of hydrogen-bond donors (Lipinski definition) is 0. The zero-order valence-electron chi connectivity index (χ0n) is 33.2. The summed E-state index contributed by atoms with van der Waals surface area (Å²) in [6.45, 7) is 20.2. The lowest BCUT2D eigenvalue weighted by Gasteiger charge is -2.40. The molecule has 2 heteroatoms. The second kappa shape index (κ2) is 32.5. The fraction of sp³-hybridized carbons (Fsp3) is 1.00. The Morgan fingerprint density at radius 1 is 0.289 bits per heavy atom. The number of rotatable bonds is 37. The molecule has 0 rings (SSSR count). The molecule has 0 aliphatic heterocycles. The first-order valence-corrected chi connectivity index (χ1v) is 21.5. The molecule has 0 bridgehead atoms. The number of hydrogen-bond acceptors (Lipinski definition) is 0. The normalized spacial score (nSPS) is 13.6. The maximum absolute atomic E-state index is 2.65. The summed E-state index contributed by atoms with van der Waals surface area (Å²) in [5, 5.41) is 0. The molecular formula is C43H92N2+2. The van der Waals surface area contributed by atoms with Crippen LogP contribution in [-0.4, -0.2) is 62.3 Å². The quantitative estimate of drug-likeness (QED) is 0.0470. The van der Waals surface area contributed by atoms with E-state index in [1.807, 2.05) is 0 Å². The van der Waals surface area contributed by atoms with Crippen LogP contribution in [0.15, 0.2) is 0 Å². The van der Waals surface area contributed by atoms with Crippen LogP contribution >= 0.6 is 0 Å². The molecule has 0 aromatic carbocycles. The number of unbranched alkanes of at least 4 members (excludes halogenated alkanes) is 24. The standard InChI is InChI=1S/C43H92N2/c1-8-11-14-17-20-23-27-32-37-44(6,38-33-28-24-21-18-15-12-9-2)41-42-45(7,40-35-30-26-31-36-43(4)5)39-34-29-25-22-19-16-13-10-3/h43H,8-42H2,1-7H3/q+2. The number of quaternary nitrogens is 2. The van der Waals surface area contributed by atoms with Crippen molar-refractivity contribution in [2.24, 2.45) is 5.92 Å². The Labute approximate surface area is 288 Å². The van der Waals surface area contributed by atoms with Crippen molar-refractivity contribution in [1.82, 2.24) is 0 Å². The molecule has 0 heterocycles. The maximum Gasteiger partial charge on any atom is 0.128 e. The molecule has 0 aliphatic carbocycles. The summed E-state index contributed by atoms with van der Waals surface area (Å²) in [4.78, 5) is 0. The highest BCUT2D eigenvalue weighted by atomic mass is 15.4. The third-order valence-electron chi connectivity index (χ3n) is 11.1. The monoisotopic (exact) mass is 637 g/mol. The van der Waals surface area contributed by atoms with Crippen molar-refractivity contribution in [2.75, 3.05) is 53.4 Å². The first kappa shape index (κ1) is 44.9. The van der Waals surface area contributed by atoms with Crippen LogP contribution in [0.4, 0.5) is 0 Å². The van der Waals surface area contributed by atoms with Crippen molar-refractivity contribution in [2.45, 2.75) is 221 Å². The van der Waals surface area contributed by atoms with Gasteiger partial charge in [0.05, 0.1) is 40.3 Å². The summed E-state index contributed by atoms with van der Waals surface area (Å²) in [5.74, 6) is 0.866. The van der Waals surface area contributed by atoms with Crippen LogP contribution in [0.5, 0.6) is 0 Å². The Morgan fingerprint density at radius 2 is 0.511 bits per heavy atom. The topological polar surface area (TPSA) is 0 Å². The van der Waals surface area contributed by atoms with Crippen molar-refractivity contribution < 1.29 is 8.97 Å². The molecule has 0 aliphatic rings. The molecule has 0 fully saturated rings. The van der Waals surface area contributed by atoms with E-state index in [1.165, 1.54) is 234 Å². The number of nitrogens with zero attached hydrogens (tertiary/aromatic N) is 2. The lowest BCUT2D eigenvalue weighted by atomic mass is 10.0. The third kappa shape index (κ3) is 31.0. The molecule has 272 valence electrons. The van der Waals surface area contributed by atoms with Gasteiger partial charge in [0.15, 0.2) is 0 Å². The highest BCUT2D eigenvalue weighted by molar-refractivity contribution is 4.54. The van der Waals surface area contributed by atoms with Crippen LogP contribution in [0.2, 0.25) is 0 Å². The Balaban J connectivity index is 4.98. The molecule has 0 aromatic heterocycles. The lowest BCUT2D eigenvalue weighted by molar-refractivity contribution is -0.964. The Hall–Kier alpha value is -0.0800. The predicted octanol–water partition coefficient (Wildman–Crippen LogP) is 13.9. The molecular weight excluding hydrogens is 544 g/mol. The van der Waals surface area contributed by atoms with Crippen molar-refractivity contribution in [3.05, 3.63) is 0 Å². The molecule has 0 spiro atoms. The van der Waals surface area contributed by atoms with Gasteiger partial charge in [-0.1, -0.05) is 169 Å². The Bertz CT molecular complexity index is 552. The highest BCUT2D eigenvalue weighted by Gasteiger charge is 2.28. The first-order chi connectivity index (χ1) is 21.8. The molecule has 2 nitrogen and oxygen atoms in total. The second-order valence-corrected chi connectivity index (χ2v) is 16.6. The van der Waals surface area contributed by atoms with E-state index in [4.69, 9.17) is 0 Å². The van der Waals surface area contributed by atoms with Crippen LogP contribution in [0.3, 0.4) is 0 Å². The highest BCUT2D eigenvalue weighted by Crippen LogP contribution is 2.19. The van der Waals surface area contributed by atoms with Gasteiger partial charge < -0.3 is 8.97 Å². The summed E-state index contributed by atoms with van der Waals surface area (Å²) in [7, 11) is 5.29. The molecule has 0 N–H and O–H groups in total. The van der Waals surface area contributed by atoms with Gasteiger partial charge in [-0.15, -0.1) is 0 Å². The summed E-state index contributed by atoms with van der Waals surface area (Å²) in [6, 6.07) is 0. The van der Waals surface area contributed by atoms with E-state index >= 15 is 0 Å². The summed E-state index contributed by atoms with van der Waals surface area (Å²) in [5.41, 5.74) is 0. The van der Waals surface area contributed by atoms with Gasteiger partial charge in [-0.2, -0.15) is 0 Å². The van der Waals surface area contributed by atoms with Crippen molar-refractivity contribution in [1.29, 1.82) is 0 Å². The van der Waals surface area contributed by atoms with E-state index < -0.39 is 0 Å². The first-order valence-electron chi connectivity index (χ1n) is 21.5. The molecule has 1 unspecified atom stereocenters. The zero-order chi connectivity index (χ0) is 33.3. The molecule has 45 heavy (non-hydrogen) atoms. The third-order valence-corrected chi connectivity index (χ3v) is 11.1. The minimum absolute atomic E-state index is 0.866. The van der Waals surface area contributed by atoms with E-state index in [9.17, 15) is 0 Å². The van der Waals surface area contributed by atoms with Crippen LogP contribution in [-0.2, 0) is 0 Å². The second-order valence-electron chi connectivity index (χ2n) is 16.6. The fourth-order valence-corrected chi connectivity index (χ4v) is 7.44. The molecule has 0 saturated heterocycles. The van der Waals surface area contributed by atoms with E-state index in [0.29, 0.717) is 0 Å². The molecule has 0 radical (unpaired) electrons. The maximum atomic E-state index is 2.65. The average Bonchev–Trinajstić information content (AvgIpc) is 3.02. The van der Waals surface area contributed by atoms with Gasteiger partial charge in [-0.05, 0) is 57.3 Å². The predicted molar refractivity (Wildman–Crippen MR) is 207 cm³/mol. The van der Waals surface area contributed by atoms with Crippen LogP contribution in [0, 0.1) is 5.92 Å². The minimum Gasteiger partial charge on any atom is -0.321 e. The van der Waals surface area contributed by atoms with Gasteiger partial charge in [-0.25, -0.2) is 0 Å². The molecule has 0 aromatic rings. The smallest absolute Gasteiger partial charge is 0.128 e. The summed E-state index contributed by atoms with van der Waals surface area (Å²) >= 11 is 0. The van der Waals surface area contributed by atoms with Gasteiger partial charge in [-0.3, -0.25) is 0 Å². The van der Waals surface area contributed by atoms with E-state index in [-0.39, 0.29) is 0 Å². The van der Waals surface area contributed by atoms with Gasteiger partial charge >= 0.3 is 0 Å². The van der Waals surface area contributed by atoms with Gasteiger partial charge in [0, 0.05) is 0 Å². The van der Waals surface area contributed by atoms with Crippen LogP contribution in [0.1, 0.15) is 221 Å². The van der Waals surface area contributed by atoms with Crippen molar-refractivity contribution >= 4 is 0 Å². The Kier molecular flexibility index (Phi) is 32.4. The largest absolute Gasteiger partial charge is 0.321 e. The average molecular weight is 637 g/mol. The van der Waals surface area contributed by atoms with Crippen LogP contribution in [0.25, 0.3) is 0 Å². The van der Waals surface area contributed by atoms with E-state index in [2.05, 4.69) is 48.7 Å². The zero-order valence-corrected chi connectivity index (χ0v) is 33.2. The minimum atomic E-state index is 0.866. The SMILES string of the molecule is CCCCCCCCCC[N+](C)(CCCCCCCCCC)CC[N+](C)(CCCCCCCCCC)CCCCCCC(C)C. The lowest BCUT2D eigenvalue weighted by Crippen LogP contribution is -2.55. The Morgan fingerprint density at radius 3 is 0.756 bits per heavy atom. The van der Waals surface area contributed by atoms with Gasteiger partial charge in [0.25, 0.3) is 0 Å². The fourth-order valence-electron chi connectivity index (χ4n) is 7.44. The van der Waals surface area contributed by atoms with E-state index in [0.717, 1.165) is 5.92 Å². The molecule has 0 saturated carbocycles. The summed E-state index contributed by atoms with van der Waals surface area (Å²) in [6.07, 6.45) is 41.8.